The fourth-order valence-corrected chi connectivity index (χ4v) is 1.72. The molecule has 5 heteroatoms. The summed E-state index contributed by atoms with van der Waals surface area (Å²) in [7, 11) is 0. The third-order valence-electron chi connectivity index (χ3n) is 2.45. The van der Waals surface area contributed by atoms with Gasteiger partial charge in [0.1, 0.15) is 29.0 Å². The Morgan fingerprint density at radius 3 is 2.42 bits per heavy atom. The molecule has 0 bridgehead atoms. The Bertz CT molecular complexity index is 596. The monoisotopic (exact) mass is 279 g/mol. The Kier molecular flexibility index (Phi) is 4.06. The molecule has 0 spiro atoms. The predicted octanol–water partition coefficient (Wildman–Crippen LogP) is 3.18. The average Bonchev–Trinajstić information content (AvgIpc) is 2.35. The first kappa shape index (κ1) is 13.4. The van der Waals surface area contributed by atoms with Crippen molar-refractivity contribution in [3.63, 3.8) is 0 Å². The Balaban J connectivity index is 2.10. The van der Waals surface area contributed by atoms with Crippen molar-refractivity contribution in [1.29, 1.82) is 0 Å². The van der Waals surface area contributed by atoms with E-state index in [0.29, 0.717) is 4.99 Å². The lowest BCUT2D eigenvalue weighted by atomic mass is 10.1. The summed E-state index contributed by atoms with van der Waals surface area (Å²) < 4.78 is 31.3. The molecule has 0 unspecified atom stereocenters. The molecule has 2 aromatic rings. The summed E-state index contributed by atoms with van der Waals surface area (Å²) in [5.41, 5.74) is 7.06. The van der Waals surface area contributed by atoms with Gasteiger partial charge in [-0.1, -0.05) is 30.4 Å². The standard InChI is InChI=1S/C14H11F2NOS/c15-11-5-12(16)7-13(6-11)18-8-9-2-1-3-10(4-9)14(17)19/h1-7H,8H2,(H2,17,19). The normalized spacial score (nSPS) is 10.2. The van der Waals surface area contributed by atoms with Crippen LogP contribution in [0.1, 0.15) is 11.1 Å². The van der Waals surface area contributed by atoms with Gasteiger partial charge >= 0.3 is 0 Å². The van der Waals surface area contributed by atoms with Crippen LogP contribution in [0.2, 0.25) is 0 Å². The molecule has 0 aliphatic carbocycles. The number of hydrogen-bond donors (Lipinski definition) is 1. The lowest BCUT2D eigenvalue weighted by Gasteiger charge is -2.08. The minimum Gasteiger partial charge on any atom is -0.489 e. The average molecular weight is 279 g/mol. The van der Waals surface area contributed by atoms with Crippen LogP contribution in [0.15, 0.2) is 42.5 Å². The SMILES string of the molecule is NC(=S)c1cccc(COc2cc(F)cc(F)c2)c1. The second-order valence-corrected chi connectivity index (χ2v) is 4.40. The molecular weight excluding hydrogens is 268 g/mol. The fraction of sp³-hybridized carbons (Fsp3) is 0.0714. The Hall–Kier alpha value is -2.01. The van der Waals surface area contributed by atoms with Crippen LogP contribution >= 0.6 is 12.2 Å². The van der Waals surface area contributed by atoms with E-state index in [1.54, 1.807) is 18.2 Å². The van der Waals surface area contributed by atoms with Gasteiger partial charge in [0.2, 0.25) is 0 Å². The van der Waals surface area contributed by atoms with E-state index in [-0.39, 0.29) is 12.4 Å². The molecule has 0 atom stereocenters. The van der Waals surface area contributed by atoms with Crippen molar-refractivity contribution in [2.24, 2.45) is 5.73 Å². The summed E-state index contributed by atoms with van der Waals surface area (Å²) in [4.78, 5) is 0.290. The summed E-state index contributed by atoms with van der Waals surface area (Å²) in [6, 6.07) is 10.2. The van der Waals surface area contributed by atoms with Gasteiger partial charge in [0.15, 0.2) is 0 Å². The molecule has 0 saturated carbocycles. The Labute approximate surface area is 114 Å². The minimum atomic E-state index is -0.674. The maximum atomic E-state index is 13.0. The first-order valence-electron chi connectivity index (χ1n) is 5.52. The van der Waals surface area contributed by atoms with Crippen molar-refractivity contribution < 1.29 is 13.5 Å². The third kappa shape index (κ3) is 3.72. The molecule has 2 rings (SSSR count). The molecule has 0 aliphatic rings. The molecule has 19 heavy (non-hydrogen) atoms. The van der Waals surface area contributed by atoms with Crippen LogP contribution in [0.5, 0.6) is 5.75 Å². The van der Waals surface area contributed by atoms with Gasteiger partial charge in [-0.15, -0.1) is 0 Å². The highest BCUT2D eigenvalue weighted by molar-refractivity contribution is 7.80. The Morgan fingerprint density at radius 1 is 1.11 bits per heavy atom. The lowest BCUT2D eigenvalue weighted by molar-refractivity contribution is 0.302. The van der Waals surface area contributed by atoms with E-state index in [1.165, 1.54) is 0 Å². The molecule has 0 aliphatic heterocycles. The van der Waals surface area contributed by atoms with E-state index in [4.69, 9.17) is 22.7 Å². The fourth-order valence-electron chi connectivity index (χ4n) is 1.59. The molecule has 2 aromatic carbocycles. The predicted molar refractivity (Wildman–Crippen MR) is 73.0 cm³/mol. The van der Waals surface area contributed by atoms with Crippen molar-refractivity contribution in [2.75, 3.05) is 0 Å². The Morgan fingerprint density at radius 2 is 1.79 bits per heavy atom. The molecule has 0 heterocycles. The topological polar surface area (TPSA) is 35.2 Å². The summed E-state index contributed by atoms with van der Waals surface area (Å²) >= 11 is 4.87. The second-order valence-electron chi connectivity index (χ2n) is 3.96. The van der Waals surface area contributed by atoms with E-state index in [2.05, 4.69) is 0 Å². The minimum absolute atomic E-state index is 0.137. The van der Waals surface area contributed by atoms with Crippen LogP contribution in [0.25, 0.3) is 0 Å². The number of nitrogens with two attached hydrogens (primary N) is 1. The first-order valence-corrected chi connectivity index (χ1v) is 5.93. The van der Waals surface area contributed by atoms with Gasteiger partial charge in [0, 0.05) is 23.8 Å². The van der Waals surface area contributed by atoms with Crippen molar-refractivity contribution in [2.45, 2.75) is 6.61 Å². The lowest BCUT2D eigenvalue weighted by Crippen LogP contribution is -2.09. The van der Waals surface area contributed by atoms with Gasteiger partial charge in [0.25, 0.3) is 0 Å². The van der Waals surface area contributed by atoms with Crippen LogP contribution in [0.4, 0.5) is 8.78 Å². The first-order chi connectivity index (χ1) is 9.04. The van der Waals surface area contributed by atoms with Crippen LogP contribution in [-0.2, 0) is 6.61 Å². The molecule has 0 radical (unpaired) electrons. The number of benzene rings is 2. The van der Waals surface area contributed by atoms with Crippen LogP contribution in [0, 0.1) is 11.6 Å². The highest BCUT2D eigenvalue weighted by atomic mass is 32.1. The zero-order valence-electron chi connectivity index (χ0n) is 9.90. The summed E-state index contributed by atoms with van der Waals surface area (Å²) in [6.07, 6.45) is 0. The van der Waals surface area contributed by atoms with Crippen LogP contribution in [-0.4, -0.2) is 4.99 Å². The number of ether oxygens (including phenoxy) is 1. The van der Waals surface area contributed by atoms with Gasteiger partial charge in [-0.3, -0.25) is 0 Å². The van der Waals surface area contributed by atoms with Crippen molar-refractivity contribution in [1.82, 2.24) is 0 Å². The quantitative estimate of drug-likeness (QED) is 0.873. The molecule has 0 saturated heterocycles. The summed E-state index contributed by atoms with van der Waals surface area (Å²) in [5, 5.41) is 0. The molecule has 0 aromatic heterocycles. The smallest absolute Gasteiger partial charge is 0.129 e. The van der Waals surface area contributed by atoms with E-state index < -0.39 is 11.6 Å². The number of thiocarbonyl (C=S) groups is 1. The van der Waals surface area contributed by atoms with Gasteiger partial charge in [-0.25, -0.2) is 8.78 Å². The van der Waals surface area contributed by atoms with E-state index in [9.17, 15) is 8.78 Å². The second kappa shape index (κ2) is 5.75. The number of rotatable bonds is 4. The van der Waals surface area contributed by atoms with E-state index >= 15 is 0 Å². The molecule has 2 N–H and O–H groups in total. The highest BCUT2D eigenvalue weighted by Gasteiger charge is 2.03. The van der Waals surface area contributed by atoms with Crippen molar-refractivity contribution in [3.05, 3.63) is 65.2 Å². The van der Waals surface area contributed by atoms with Gasteiger partial charge in [0.05, 0.1) is 0 Å². The van der Waals surface area contributed by atoms with Gasteiger partial charge < -0.3 is 10.5 Å². The van der Waals surface area contributed by atoms with E-state index in [1.807, 2.05) is 6.07 Å². The van der Waals surface area contributed by atoms with Gasteiger partial charge in [-0.05, 0) is 11.6 Å². The summed E-state index contributed by atoms with van der Waals surface area (Å²) in [6.45, 7) is 0.180. The third-order valence-corrected chi connectivity index (χ3v) is 2.69. The molecule has 0 amide bonds. The molecular formula is C14H11F2NOS. The van der Waals surface area contributed by atoms with Crippen LogP contribution < -0.4 is 10.5 Å². The maximum Gasteiger partial charge on any atom is 0.129 e. The molecule has 0 fully saturated rings. The number of hydrogen-bond acceptors (Lipinski definition) is 2. The largest absolute Gasteiger partial charge is 0.489 e. The van der Waals surface area contributed by atoms with Gasteiger partial charge in [-0.2, -0.15) is 0 Å². The van der Waals surface area contributed by atoms with Crippen LogP contribution in [0.3, 0.4) is 0 Å². The molecule has 2 nitrogen and oxygen atoms in total. The van der Waals surface area contributed by atoms with Crippen molar-refractivity contribution >= 4 is 17.2 Å². The van der Waals surface area contributed by atoms with E-state index in [0.717, 1.165) is 29.3 Å². The van der Waals surface area contributed by atoms with Crippen molar-refractivity contribution in [3.8, 4) is 5.75 Å². The molecule has 98 valence electrons. The zero-order chi connectivity index (χ0) is 13.8. The maximum absolute atomic E-state index is 13.0. The highest BCUT2D eigenvalue weighted by Crippen LogP contribution is 2.17. The number of halogens is 2. The zero-order valence-corrected chi connectivity index (χ0v) is 10.7. The summed E-state index contributed by atoms with van der Waals surface area (Å²) in [5.74, 6) is -1.21.